The van der Waals surface area contributed by atoms with Crippen LogP contribution in [-0.2, 0) is 11.2 Å². The second kappa shape index (κ2) is 4.63. The average Bonchev–Trinajstić information content (AvgIpc) is 2.36. The summed E-state index contributed by atoms with van der Waals surface area (Å²) in [5.41, 5.74) is 1.51. The number of carbonyl (C=O) groups excluding carboxylic acids is 1. The number of aromatic hydroxyl groups is 1. The largest absolute Gasteiger partial charge is 0.506 e. The van der Waals surface area contributed by atoms with E-state index in [9.17, 15) is 9.90 Å². The molecule has 0 saturated heterocycles. The van der Waals surface area contributed by atoms with Crippen molar-refractivity contribution in [3.63, 3.8) is 0 Å². The van der Waals surface area contributed by atoms with Gasteiger partial charge in [-0.25, -0.2) is 4.79 Å². The highest BCUT2D eigenvalue weighted by atomic mass is 16.5. The Bertz CT molecular complexity index is 434. The molecular weight excluding hydrogens is 220 g/mol. The third-order valence-electron chi connectivity index (χ3n) is 3.04. The van der Waals surface area contributed by atoms with Crippen molar-refractivity contribution in [1.29, 1.82) is 0 Å². The number of rotatable bonds is 1. The summed E-state index contributed by atoms with van der Waals surface area (Å²) in [6, 6.07) is 5.44. The summed E-state index contributed by atoms with van der Waals surface area (Å²) in [6.07, 6.45) is 0.334. The molecule has 1 aliphatic heterocycles. The number of anilines is 1. The number of ether oxygens (including phenoxy) is 1. The van der Waals surface area contributed by atoms with Crippen LogP contribution in [0.1, 0.15) is 5.56 Å². The molecule has 2 N–H and O–H groups in total. The van der Waals surface area contributed by atoms with E-state index in [-0.39, 0.29) is 11.8 Å². The summed E-state index contributed by atoms with van der Waals surface area (Å²) in [5, 5.41) is 13.0. The topological polar surface area (TPSA) is 61.8 Å². The molecule has 1 aromatic rings. The Labute approximate surface area is 100.0 Å². The molecule has 0 aromatic heterocycles. The third kappa shape index (κ3) is 2.06. The molecule has 1 atom stereocenters. The Morgan fingerprint density at radius 3 is 3.00 bits per heavy atom. The van der Waals surface area contributed by atoms with Gasteiger partial charge in [-0.3, -0.25) is 4.90 Å². The lowest BCUT2D eigenvalue weighted by Crippen LogP contribution is -2.47. The zero-order chi connectivity index (χ0) is 12.4. The molecule has 92 valence electrons. The molecule has 1 amide bonds. The number of carbonyl (C=O) groups is 1. The fraction of sp³-hybridized carbons (Fsp3) is 0.417. The predicted molar refractivity (Wildman–Crippen MR) is 64.4 cm³/mol. The van der Waals surface area contributed by atoms with E-state index in [2.05, 4.69) is 5.32 Å². The normalized spacial score (nSPS) is 18.7. The maximum Gasteiger partial charge on any atom is 0.414 e. The van der Waals surface area contributed by atoms with Crippen molar-refractivity contribution in [3.8, 4) is 5.75 Å². The lowest BCUT2D eigenvalue weighted by Gasteiger charge is -2.33. The second-order valence-corrected chi connectivity index (χ2v) is 4.06. The summed E-state index contributed by atoms with van der Waals surface area (Å²) >= 11 is 0. The van der Waals surface area contributed by atoms with Gasteiger partial charge in [0.05, 0.1) is 12.8 Å². The summed E-state index contributed by atoms with van der Waals surface area (Å²) in [4.78, 5) is 13.2. The van der Waals surface area contributed by atoms with Gasteiger partial charge in [0.15, 0.2) is 0 Å². The van der Waals surface area contributed by atoms with Crippen LogP contribution in [-0.4, -0.2) is 37.9 Å². The van der Waals surface area contributed by atoms with Gasteiger partial charge in [-0.05, 0) is 25.1 Å². The van der Waals surface area contributed by atoms with E-state index in [0.717, 1.165) is 12.0 Å². The quantitative estimate of drug-likeness (QED) is 0.766. The van der Waals surface area contributed by atoms with E-state index in [1.807, 2.05) is 13.1 Å². The van der Waals surface area contributed by atoms with Gasteiger partial charge >= 0.3 is 6.09 Å². The summed E-state index contributed by atoms with van der Waals surface area (Å²) < 4.78 is 4.74. The van der Waals surface area contributed by atoms with Crippen molar-refractivity contribution in [3.05, 3.63) is 23.8 Å². The first-order chi connectivity index (χ1) is 8.17. The number of benzene rings is 1. The number of fused-ring (bicyclic) bond motifs is 1. The second-order valence-electron chi connectivity index (χ2n) is 4.06. The zero-order valence-corrected chi connectivity index (χ0v) is 9.93. The number of phenolic OH excluding ortho intramolecular Hbond substituents is 1. The maximum atomic E-state index is 11.7. The monoisotopic (exact) mass is 236 g/mol. The number of hydrogen-bond acceptors (Lipinski definition) is 4. The Hall–Kier alpha value is -1.75. The lowest BCUT2D eigenvalue weighted by molar-refractivity contribution is 0.177. The Balaban J connectivity index is 2.44. The molecule has 1 aliphatic rings. The van der Waals surface area contributed by atoms with Crippen LogP contribution >= 0.6 is 0 Å². The van der Waals surface area contributed by atoms with Gasteiger partial charge in [0.25, 0.3) is 0 Å². The molecule has 5 nitrogen and oxygen atoms in total. The van der Waals surface area contributed by atoms with Crippen LogP contribution < -0.4 is 10.2 Å². The maximum absolute atomic E-state index is 11.7. The van der Waals surface area contributed by atoms with E-state index in [1.54, 1.807) is 12.1 Å². The molecule has 0 fully saturated rings. The van der Waals surface area contributed by atoms with Crippen molar-refractivity contribution >= 4 is 11.8 Å². The van der Waals surface area contributed by atoms with Gasteiger partial charge in [0, 0.05) is 12.6 Å². The first-order valence-corrected chi connectivity index (χ1v) is 5.51. The van der Waals surface area contributed by atoms with Gasteiger partial charge in [0.1, 0.15) is 5.75 Å². The summed E-state index contributed by atoms with van der Waals surface area (Å²) in [6.45, 7) is 0.494. The van der Waals surface area contributed by atoms with Crippen molar-refractivity contribution < 1.29 is 14.6 Å². The predicted octanol–water partition coefficient (Wildman–Crippen LogP) is 1.11. The molecule has 1 heterocycles. The van der Waals surface area contributed by atoms with Gasteiger partial charge in [-0.15, -0.1) is 0 Å². The average molecular weight is 236 g/mol. The van der Waals surface area contributed by atoms with E-state index >= 15 is 0 Å². The zero-order valence-electron chi connectivity index (χ0n) is 9.93. The number of nitrogens with one attached hydrogen (secondary N) is 1. The number of phenols is 1. The van der Waals surface area contributed by atoms with E-state index in [0.29, 0.717) is 12.2 Å². The fourth-order valence-electron chi connectivity index (χ4n) is 2.17. The minimum atomic E-state index is -0.451. The van der Waals surface area contributed by atoms with Crippen LogP contribution in [0.2, 0.25) is 0 Å². The highest BCUT2D eigenvalue weighted by Crippen LogP contribution is 2.35. The lowest BCUT2D eigenvalue weighted by atomic mass is 9.98. The fourth-order valence-corrected chi connectivity index (χ4v) is 2.17. The van der Waals surface area contributed by atoms with Gasteiger partial charge in [-0.1, -0.05) is 12.1 Å². The van der Waals surface area contributed by atoms with Crippen LogP contribution in [0.25, 0.3) is 0 Å². The Morgan fingerprint density at radius 2 is 2.35 bits per heavy atom. The van der Waals surface area contributed by atoms with Crippen LogP contribution in [0.15, 0.2) is 18.2 Å². The number of methoxy groups -OCH3 is 1. The number of amides is 1. The SMILES string of the molecule is CNC1Cc2cccc(O)c2N(C(=O)OC)C1. The van der Waals surface area contributed by atoms with Crippen molar-refractivity contribution in [2.24, 2.45) is 0 Å². The smallest absolute Gasteiger partial charge is 0.414 e. The molecule has 0 aliphatic carbocycles. The molecule has 0 radical (unpaired) electrons. The van der Waals surface area contributed by atoms with E-state index in [1.165, 1.54) is 12.0 Å². The summed E-state index contributed by atoms with van der Waals surface area (Å²) in [7, 11) is 3.19. The summed E-state index contributed by atoms with van der Waals surface area (Å²) in [5.74, 6) is 0.113. The molecule has 0 bridgehead atoms. The molecule has 5 heteroatoms. The Kier molecular flexibility index (Phi) is 3.19. The number of para-hydroxylation sites is 1. The van der Waals surface area contributed by atoms with Crippen LogP contribution in [0.5, 0.6) is 5.75 Å². The molecule has 0 saturated carbocycles. The van der Waals surface area contributed by atoms with Gasteiger partial charge in [0.2, 0.25) is 0 Å². The van der Waals surface area contributed by atoms with Crippen molar-refractivity contribution in [2.45, 2.75) is 12.5 Å². The third-order valence-corrected chi connectivity index (χ3v) is 3.04. The highest BCUT2D eigenvalue weighted by Gasteiger charge is 2.30. The highest BCUT2D eigenvalue weighted by molar-refractivity contribution is 5.91. The minimum absolute atomic E-state index is 0.113. The van der Waals surface area contributed by atoms with E-state index < -0.39 is 6.09 Å². The molecular formula is C12H16N2O3. The molecule has 2 rings (SSSR count). The van der Waals surface area contributed by atoms with Gasteiger partial charge < -0.3 is 15.2 Å². The van der Waals surface area contributed by atoms with Crippen LogP contribution in [0.3, 0.4) is 0 Å². The standard InChI is InChI=1S/C12H16N2O3/c1-13-9-6-8-4-3-5-10(15)11(8)14(7-9)12(16)17-2/h3-5,9,13,15H,6-7H2,1-2H3. The number of likely N-dealkylation sites (N-methyl/N-ethyl adjacent to an activating group) is 1. The first kappa shape index (κ1) is 11.7. The number of hydrogen-bond donors (Lipinski definition) is 2. The molecule has 1 unspecified atom stereocenters. The molecule has 17 heavy (non-hydrogen) atoms. The van der Waals surface area contributed by atoms with Crippen molar-refractivity contribution in [1.82, 2.24) is 5.32 Å². The Morgan fingerprint density at radius 1 is 1.59 bits per heavy atom. The van der Waals surface area contributed by atoms with Crippen molar-refractivity contribution in [2.75, 3.05) is 25.6 Å². The van der Waals surface area contributed by atoms with E-state index in [4.69, 9.17) is 4.74 Å². The first-order valence-electron chi connectivity index (χ1n) is 5.51. The van der Waals surface area contributed by atoms with Crippen LogP contribution in [0.4, 0.5) is 10.5 Å². The van der Waals surface area contributed by atoms with Gasteiger partial charge in [-0.2, -0.15) is 0 Å². The number of nitrogens with zero attached hydrogens (tertiary/aromatic N) is 1. The molecule has 0 spiro atoms. The molecule has 1 aromatic carbocycles. The minimum Gasteiger partial charge on any atom is -0.506 e. The van der Waals surface area contributed by atoms with Crippen LogP contribution in [0, 0.1) is 0 Å².